The van der Waals surface area contributed by atoms with Gasteiger partial charge in [-0.3, -0.25) is 0 Å². The summed E-state index contributed by atoms with van der Waals surface area (Å²) in [6, 6.07) is 76.2. The number of benzene rings is 11. The van der Waals surface area contributed by atoms with E-state index in [-0.39, 0.29) is 0 Å². The SMILES string of the molecule is c1cc(-c2ccc3ccccc3c2)cc(-c2c3ccccc3c(-c3ccc4cc(-c5cccc6ccc7ccccc7c56)ccc4c3)c3ccccc23)c1. The molecule has 11 rings (SSSR count). The van der Waals surface area contributed by atoms with Gasteiger partial charge in [0.15, 0.2) is 0 Å². The summed E-state index contributed by atoms with van der Waals surface area (Å²) in [6.07, 6.45) is 0. The maximum atomic E-state index is 2.38. The van der Waals surface area contributed by atoms with Crippen molar-refractivity contribution in [3.8, 4) is 44.5 Å². The predicted octanol–water partition coefficient (Wildman–Crippen LogP) is 15.3. The monoisotopic (exact) mass is 682 g/mol. The van der Waals surface area contributed by atoms with Gasteiger partial charge >= 0.3 is 0 Å². The summed E-state index contributed by atoms with van der Waals surface area (Å²) in [5.74, 6) is 0. The zero-order valence-electron chi connectivity index (χ0n) is 29.6. The second kappa shape index (κ2) is 12.3. The standard InChI is InChI=1S/C54H34/c1-2-13-38-31-40(26-23-35(38)11-1)39-15-9-16-44(33-39)53-48-18-5-7-20-50(48)54(51-21-8-6-19-49(51)53)45-30-28-41-32-43(29-27-42(41)34-45)47-22-10-14-37-25-24-36-12-3-4-17-46(36)52(37)47/h1-34H. The third-order valence-corrected chi connectivity index (χ3v) is 11.4. The van der Waals surface area contributed by atoms with Crippen molar-refractivity contribution in [2.24, 2.45) is 0 Å². The molecule has 11 aromatic rings. The number of hydrogen-bond acceptors (Lipinski definition) is 0. The molecule has 0 spiro atoms. The Hall–Kier alpha value is -7.02. The summed E-state index contributed by atoms with van der Waals surface area (Å²) >= 11 is 0. The molecule has 250 valence electrons. The summed E-state index contributed by atoms with van der Waals surface area (Å²) in [7, 11) is 0. The van der Waals surface area contributed by atoms with Crippen LogP contribution in [0.3, 0.4) is 0 Å². The van der Waals surface area contributed by atoms with Crippen LogP contribution in [0.2, 0.25) is 0 Å². The lowest BCUT2D eigenvalue weighted by atomic mass is 9.85. The molecular formula is C54H34. The fourth-order valence-corrected chi connectivity index (χ4v) is 8.84. The van der Waals surface area contributed by atoms with Crippen molar-refractivity contribution >= 4 is 64.6 Å². The van der Waals surface area contributed by atoms with Gasteiger partial charge < -0.3 is 0 Å². The molecule has 0 radical (unpaired) electrons. The van der Waals surface area contributed by atoms with Crippen LogP contribution in [-0.2, 0) is 0 Å². The largest absolute Gasteiger partial charge is 0.0616 e. The Morgan fingerprint density at radius 3 is 1.33 bits per heavy atom. The van der Waals surface area contributed by atoms with E-state index in [0.29, 0.717) is 0 Å². The Morgan fingerprint density at radius 2 is 0.611 bits per heavy atom. The minimum atomic E-state index is 1.22. The first-order valence-electron chi connectivity index (χ1n) is 18.7. The Kier molecular flexibility index (Phi) is 6.97. The lowest BCUT2D eigenvalue weighted by molar-refractivity contribution is 1.63. The van der Waals surface area contributed by atoms with Gasteiger partial charge in [-0.1, -0.05) is 182 Å². The summed E-state index contributed by atoms with van der Waals surface area (Å²) in [5, 5.41) is 15.2. The third kappa shape index (κ3) is 4.92. The number of fused-ring (bicyclic) bond motifs is 7. The van der Waals surface area contributed by atoms with Crippen LogP contribution >= 0.6 is 0 Å². The van der Waals surface area contributed by atoms with Crippen molar-refractivity contribution in [3.05, 3.63) is 206 Å². The minimum absolute atomic E-state index is 1.22. The zero-order valence-corrected chi connectivity index (χ0v) is 29.6. The molecule has 0 aliphatic rings. The van der Waals surface area contributed by atoms with E-state index in [1.807, 2.05) is 0 Å². The van der Waals surface area contributed by atoms with Gasteiger partial charge in [-0.15, -0.1) is 0 Å². The maximum Gasteiger partial charge on any atom is -0.00262 e. The van der Waals surface area contributed by atoms with Crippen molar-refractivity contribution in [3.63, 3.8) is 0 Å². The molecule has 11 aromatic carbocycles. The fraction of sp³-hybridized carbons (Fsp3) is 0. The molecule has 0 aliphatic carbocycles. The summed E-state index contributed by atoms with van der Waals surface area (Å²) in [6.45, 7) is 0. The van der Waals surface area contributed by atoms with Gasteiger partial charge in [-0.25, -0.2) is 0 Å². The first-order chi connectivity index (χ1) is 26.8. The Morgan fingerprint density at radius 1 is 0.204 bits per heavy atom. The average Bonchev–Trinajstić information content (AvgIpc) is 3.24. The van der Waals surface area contributed by atoms with Gasteiger partial charge in [0, 0.05) is 0 Å². The predicted molar refractivity (Wildman–Crippen MR) is 233 cm³/mol. The molecule has 0 saturated heterocycles. The van der Waals surface area contributed by atoms with Crippen LogP contribution < -0.4 is 0 Å². The molecule has 0 bridgehead atoms. The van der Waals surface area contributed by atoms with Gasteiger partial charge in [0.2, 0.25) is 0 Å². The normalized spacial score (nSPS) is 11.7. The van der Waals surface area contributed by atoms with Crippen molar-refractivity contribution in [1.29, 1.82) is 0 Å². The molecule has 0 unspecified atom stereocenters. The lowest BCUT2D eigenvalue weighted by Crippen LogP contribution is -1.91. The van der Waals surface area contributed by atoms with Crippen LogP contribution in [0.15, 0.2) is 206 Å². The van der Waals surface area contributed by atoms with E-state index in [1.54, 1.807) is 0 Å². The molecule has 0 nitrogen and oxygen atoms in total. The second-order valence-corrected chi connectivity index (χ2v) is 14.5. The quantitative estimate of drug-likeness (QED) is 0.128. The van der Waals surface area contributed by atoms with Gasteiger partial charge in [0.05, 0.1) is 0 Å². The molecule has 0 aromatic heterocycles. The van der Waals surface area contributed by atoms with Gasteiger partial charge in [-0.2, -0.15) is 0 Å². The minimum Gasteiger partial charge on any atom is -0.0616 e. The molecule has 54 heavy (non-hydrogen) atoms. The number of rotatable bonds is 4. The Bertz CT molecular complexity index is 3220. The summed E-state index contributed by atoms with van der Waals surface area (Å²) in [5.41, 5.74) is 9.98. The highest BCUT2D eigenvalue weighted by Gasteiger charge is 2.18. The molecule has 0 N–H and O–H groups in total. The smallest absolute Gasteiger partial charge is 0.00262 e. The Labute approximate surface area is 314 Å². The van der Waals surface area contributed by atoms with E-state index in [1.165, 1.54) is 109 Å². The topological polar surface area (TPSA) is 0 Å². The lowest BCUT2D eigenvalue weighted by Gasteiger charge is -2.18. The molecule has 0 saturated carbocycles. The van der Waals surface area contributed by atoms with Crippen LogP contribution in [0, 0.1) is 0 Å². The van der Waals surface area contributed by atoms with E-state index in [9.17, 15) is 0 Å². The van der Waals surface area contributed by atoms with Gasteiger partial charge in [-0.05, 0) is 133 Å². The molecule has 0 atom stereocenters. The second-order valence-electron chi connectivity index (χ2n) is 14.5. The highest BCUT2D eigenvalue weighted by molar-refractivity contribution is 6.22. The molecule has 0 amide bonds. The molecule has 0 heteroatoms. The van der Waals surface area contributed by atoms with E-state index in [4.69, 9.17) is 0 Å². The fourth-order valence-electron chi connectivity index (χ4n) is 8.84. The Balaban J connectivity index is 1.06. The van der Waals surface area contributed by atoms with Crippen molar-refractivity contribution < 1.29 is 0 Å². The molecular weight excluding hydrogens is 649 g/mol. The molecule has 0 fully saturated rings. The van der Waals surface area contributed by atoms with Crippen LogP contribution in [0.25, 0.3) is 109 Å². The van der Waals surface area contributed by atoms with Gasteiger partial charge in [0.25, 0.3) is 0 Å². The number of hydrogen-bond donors (Lipinski definition) is 0. The molecule has 0 aliphatic heterocycles. The third-order valence-electron chi connectivity index (χ3n) is 11.4. The van der Waals surface area contributed by atoms with Crippen LogP contribution in [-0.4, -0.2) is 0 Å². The highest BCUT2D eigenvalue weighted by Crippen LogP contribution is 2.45. The summed E-state index contributed by atoms with van der Waals surface area (Å²) < 4.78 is 0. The zero-order chi connectivity index (χ0) is 35.6. The van der Waals surface area contributed by atoms with E-state index in [0.717, 1.165) is 0 Å². The van der Waals surface area contributed by atoms with Crippen LogP contribution in [0.5, 0.6) is 0 Å². The first-order valence-corrected chi connectivity index (χ1v) is 18.7. The van der Waals surface area contributed by atoms with E-state index >= 15 is 0 Å². The van der Waals surface area contributed by atoms with Crippen LogP contribution in [0.1, 0.15) is 0 Å². The first kappa shape index (κ1) is 30.6. The highest BCUT2D eigenvalue weighted by atomic mass is 14.2. The summed E-state index contributed by atoms with van der Waals surface area (Å²) in [4.78, 5) is 0. The maximum absolute atomic E-state index is 2.38. The van der Waals surface area contributed by atoms with Gasteiger partial charge in [0.1, 0.15) is 0 Å². The van der Waals surface area contributed by atoms with Crippen molar-refractivity contribution in [1.82, 2.24) is 0 Å². The van der Waals surface area contributed by atoms with Crippen LogP contribution in [0.4, 0.5) is 0 Å². The van der Waals surface area contributed by atoms with E-state index in [2.05, 4.69) is 206 Å². The van der Waals surface area contributed by atoms with Crippen molar-refractivity contribution in [2.75, 3.05) is 0 Å². The van der Waals surface area contributed by atoms with Crippen molar-refractivity contribution in [2.45, 2.75) is 0 Å². The van der Waals surface area contributed by atoms with E-state index < -0.39 is 0 Å². The molecule has 0 heterocycles. The average molecular weight is 683 g/mol.